The fraction of sp³-hybridized carbons (Fsp3) is 0.800. The average Bonchev–Trinajstić information content (AvgIpc) is 1.61. The third-order valence-corrected chi connectivity index (χ3v) is 1.17. The van der Waals surface area contributed by atoms with Crippen molar-refractivity contribution < 1.29 is 0 Å². The number of hydrogen-bond acceptors (Lipinski definition) is 1. The SMILES string of the molecule is CCCCC(=S)S. The van der Waals surface area contributed by atoms with Crippen molar-refractivity contribution in [2.45, 2.75) is 26.2 Å². The van der Waals surface area contributed by atoms with E-state index in [2.05, 4.69) is 19.6 Å². The summed E-state index contributed by atoms with van der Waals surface area (Å²) in [4.78, 5) is 0. The molecule has 42 valence electrons. The maximum Gasteiger partial charge on any atom is 0.0448 e. The molecule has 0 N–H and O–H groups in total. The number of rotatable bonds is 3. The standard InChI is InChI=1S/C5H10S2/c1-2-3-4-5(6)7/h2-4H2,1H3,(H,6,7). The van der Waals surface area contributed by atoms with Crippen LogP contribution in [0.5, 0.6) is 0 Å². The highest BCUT2D eigenvalue weighted by Crippen LogP contribution is 1.98. The largest absolute Gasteiger partial charge is 0.136 e. The van der Waals surface area contributed by atoms with Gasteiger partial charge in [0.2, 0.25) is 0 Å². The van der Waals surface area contributed by atoms with E-state index in [1.54, 1.807) is 0 Å². The van der Waals surface area contributed by atoms with Crippen molar-refractivity contribution in [1.82, 2.24) is 0 Å². The molecule has 0 aliphatic carbocycles. The van der Waals surface area contributed by atoms with E-state index in [4.69, 9.17) is 12.2 Å². The second-order valence-corrected chi connectivity index (χ2v) is 2.83. The van der Waals surface area contributed by atoms with Gasteiger partial charge in [0.05, 0.1) is 0 Å². The summed E-state index contributed by atoms with van der Waals surface area (Å²) in [6.07, 6.45) is 3.39. The summed E-state index contributed by atoms with van der Waals surface area (Å²) in [5, 5.41) is 0. The average molecular weight is 134 g/mol. The molecule has 0 aromatic heterocycles. The van der Waals surface area contributed by atoms with Gasteiger partial charge in [-0.2, -0.15) is 0 Å². The summed E-state index contributed by atoms with van der Waals surface area (Å²) in [7, 11) is 0. The monoisotopic (exact) mass is 134 g/mol. The van der Waals surface area contributed by atoms with Crippen LogP contribution in [0.3, 0.4) is 0 Å². The lowest BCUT2D eigenvalue weighted by atomic mass is 10.3. The molecule has 0 aromatic rings. The van der Waals surface area contributed by atoms with Gasteiger partial charge in [0.25, 0.3) is 0 Å². The zero-order valence-corrected chi connectivity index (χ0v) is 6.19. The molecule has 0 spiro atoms. The van der Waals surface area contributed by atoms with Crippen molar-refractivity contribution >= 4 is 29.0 Å². The van der Waals surface area contributed by atoms with Crippen LogP contribution in [0.25, 0.3) is 0 Å². The van der Waals surface area contributed by atoms with E-state index < -0.39 is 0 Å². The molecule has 0 heterocycles. The Morgan fingerprint density at radius 1 is 1.71 bits per heavy atom. The van der Waals surface area contributed by atoms with Crippen molar-refractivity contribution in [3.63, 3.8) is 0 Å². The van der Waals surface area contributed by atoms with Crippen molar-refractivity contribution in [2.24, 2.45) is 0 Å². The van der Waals surface area contributed by atoms with Gasteiger partial charge in [-0.15, -0.1) is 12.6 Å². The lowest BCUT2D eigenvalue weighted by Gasteiger charge is -1.88. The minimum absolute atomic E-state index is 0.835. The molecule has 0 rings (SSSR count). The van der Waals surface area contributed by atoms with Gasteiger partial charge in [0.15, 0.2) is 0 Å². The molecule has 0 aliphatic rings. The second kappa shape index (κ2) is 4.60. The molecule has 0 atom stereocenters. The van der Waals surface area contributed by atoms with Gasteiger partial charge in [-0.25, -0.2) is 0 Å². The summed E-state index contributed by atoms with van der Waals surface area (Å²) in [6.45, 7) is 2.14. The van der Waals surface area contributed by atoms with Gasteiger partial charge < -0.3 is 0 Å². The Balaban J connectivity index is 2.82. The zero-order valence-electron chi connectivity index (χ0n) is 4.48. The molecule has 0 saturated heterocycles. The summed E-state index contributed by atoms with van der Waals surface area (Å²) >= 11 is 8.69. The first-order valence-electron chi connectivity index (χ1n) is 2.49. The number of hydrogen-bond donors (Lipinski definition) is 1. The number of thiocarbonyl (C=S) groups is 1. The molecule has 0 nitrogen and oxygen atoms in total. The van der Waals surface area contributed by atoms with Crippen LogP contribution < -0.4 is 0 Å². The van der Waals surface area contributed by atoms with Crippen LogP contribution in [0.15, 0.2) is 0 Å². The molecule has 0 fully saturated rings. The van der Waals surface area contributed by atoms with Crippen LogP contribution in [0, 0.1) is 0 Å². The molecule has 0 bridgehead atoms. The molecule has 0 saturated carbocycles. The van der Waals surface area contributed by atoms with Crippen molar-refractivity contribution in [1.29, 1.82) is 0 Å². The van der Waals surface area contributed by atoms with Crippen LogP contribution in [-0.2, 0) is 0 Å². The third-order valence-electron chi connectivity index (χ3n) is 0.744. The summed E-state index contributed by atoms with van der Waals surface area (Å²) < 4.78 is 0.835. The lowest BCUT2D eigenvalue weighted by Crippen LogP contribution is -1.79. The predicted octanol–water partition coefficient (Wildman–Crippen LogP) is 2.43. The Labute approximate surface area is 55.7 Å². The highest BCUT2D eigenvalue weighted by Gasteiger charge is 1.84. The van der Waals surface area contributed by atoms with Gasteiger partial charge in [-0.05, 0) is 12.8 Å². The molecular weight excluding hydrogens is 124 g/mol. The first-order valence-corrected chi connectivity index (χ1v) is 3.34. The number of thiol groups is 1. The van der Waals surface area contributed by atoms with E-state index in [0.717, 1.165) is 10.6 Å². The molecule has 0 aliphatic heterocycles. The Morgan fingerprint density at radius 2 is 2.29 bits per heavy atom. The Hall–Kier alpha value is 0.440. The Morgan fingerprint density at radius 3 is 2.43 bits per heavy atom. The maximum atomic E-state index is 4.73. The van der Waals surface area contributed by atoms with Crippen LogP contribution in [0.4, 0.5) is 0 Å². The summed E-state index contributed by atoms with van der Waals surface area (Å²) in [5.74, 6) is 0. The van der Waals surface area contributed by atoms with Gasteiger partial charge in [-0.3, -0.25) is 0 Å². The van der Waals surface area contributed by atoms with Crippen molar-refractivity contribution in [3.05, 3.63) is 0 Å². The van der Waals surface area contributed by atoms with Gasteiger partial charge in [0, 0.05) is 4.20 Å². The first-order chi connectivity index (χ1) is 3.27. The zero-order chi connectivity index (χ0) is 5.70. The van der Waals surface area contributed by atoms with Crippen LogP contribution >= 0.6 is 24.8 Å². The second-order valence-electron chi connectivity index (χ2n) is 1.50. The van der Waals surface area contributed by atoms with Gasteiger partial charge >= 0.3 is 0 Å². The molecular formula is C5H10S2. The number of unbranched alkanes of at least 4 members (excludes halogenated alkanes) is 1. The predicted molar refractivity (Wildman–Crippen MR) is 41.1 cm³/mol. The normalized spacial score (nSPS) is 8.86. The molecule has 0 radical (unpaired) electrons. The molecule has 7 heavy (non-hydrogen) atoms. The van der Waals surface area contributed by atoms with Gasteiger partial charge in [-0.1, -0.05) is 25.6 Å². The highest BCUT2D eigenvalue weighted by molar-refractivity contribution is 8.11. The van der Waals surface area contributed by atoms with Crippen LogP contribution in [0.1, 0.15) is 26.2 Å². The quantitative estimate of drug-likeness (QED) is 0.457. The van der Waals surface area contributed by atoms with E-state index in [9.17, 15) is 0 Å². The minimum Gasteiger partial charge on any atom is -0.136 e. The summed E-state index contributed by atoms with van der Waals surface area (Å²) in [6, 6.07) is 0. The topological polar surface area (TPSA) is 0 Å². The van der Waals surface area contributed by atoms with Crippen LogP contribution in [0.2, 0.25) is 0 Å². The van der Waals surface area contributed by atoms with E-state index >= 15 is 0 Å². The van der Waals surface area contributed by atoms with Crippen molar-refractivity contribution in [3.8, 4) is 0 Å². The molecule has 0 amide bonds. The smallest absolute Gasteiger partial charge is 0.0448 e. The van der Waals surface area contributed by atoms with E-state index in [-0.39, 0.29) is 0 Å². The van der Waals surface area contributed by atoms with E-state index in [1.807, 2.05) is 0 Å². The summed E-state index contributed by atoms with van der Waals surface area (Å²) in [5.41, 5.74) is 0. The fourth-order valence-corrected chi connectivity index (χ4v) is 0.630. The molecule has 0 unspecified atom stereocenters. The third kappa shape index (κ3) is 6.44. The fourth-order valence-electron chi connectivity index (χ4n) is 0.328. The molecule has 2 heteroatoms. The maximum absolute atomic E-state index is 4.73. The van der Waals surface area contributed by atoms with Crippen LogP contribution in [-0.4, -0.2) is 4.20 Å². The lowest BCUT2D eigenvalue weighted by molar-refractivity contribution is 0.845. The highest BCUT2D eigenvalue weighted by atomic mass is 32.1. The first kappa shape index (κ1) is 7.44. The van der Waals surface area contributed by atoms with Crippen molar-refractivity contribution in [2.75, 3.05) is 0 Å². The van der Waals surface area contributed by atoms with Gasteiger partial charge in [0.1, 0.15) is 0 Å². The molecule has 0 aromatic carbocycles. The van der Waals surface area contributed by atoms with E-state index in [1.165, 1.54) is 12.8 Å². The Bertz CT molecular complexity index is 59.1. The van der Waals surface area contributed by atoms with E-state index in [0.29, 0.717) is 0 Å². The Kier molecular flexibility index (Phi) is 4.88. The minimum atomic E-state index is 0.835.